The number of hydrogen-bond donors (Lipinski definition) is 2. The van der Waals surface area contributed by atoms with Gasteiger partial charge in [-0.2, -0.15) is 0 Å². The van der Waals surface area contributed by atoms with E-state index in [2.05, 4.69) is 4.98 Å². The van der Waals surface area contributed by atoms with Gasteiger partial charge in [0.25, 0.3) is 11.5 Å². The van der Waals surface area contributed by atoms with Gasteiger partial charge >= 0.3 is 5.69 Å². The number of rotatable bonds is 7. The molecule has 0 saturated heterocycles. The Morgan fingerprint density at radius 1 is 1.34 bits per heavy atom. The second-order valence-electron chi connectivity index (χ2n) is 6.39. The molecule has 0 unspecified atom stereocenters. The lowest BCUT2D eigenvalue weighted by Crippen LogP contribution is -2.42. The molecule has 2 aromatic heterocycles. The summed E-state index contributed by atoms with van der Waals surface area (Å²) < 4.78 is 11.9. The number of furan rings is 1. The van der Waals surface area contributed by atoms with Crippen molar-refractivity contribution in [3.05, 3.63) is 55.9 Å². The van der Waals surface area contributed by atoms with Gasteiger partial charge in [0, 0.05) is 24.1 Å². The number of carbonyl (C=O) groups is 1. The molecule has 0 radical (unpaired) electrons. The van der Waals surface area contributed by atoms with E-state index < -0.39 is 17.2 Å². The largest absolute Gasteiger partial charge is 0.451 e. The number of aromatic amines is 1. The molecule has 0 bridgehead atoms. The van der Waals surface area contributed by atoms with Gasteiger partial charge in [0.2, 0.25) is 0 Å². The van der Waals surface area contributed by atoms with Crippen molar-refractivity contribution in [3.8, 4) is 0 Å². The van der Waals surface area contributed by atoms with Gasteiger partial charge in [0.05, 0.1) is 13.2 Å². The van der Waals surface area contributed by atoms with Crippen molar-refractivity contribution in [3.63, 3.8) is 0 Å². The number of halogens is 1. The van der Waals surface area contributed by atoms with E-state index in [4.69, 9.17) is 26.5 Å². The van der Waals surface area contributed by atoms with Crippen molar-refractivity contribution in [2.75, 3.05) is 30.9 Å². The first-order chi connectivity index (χ1) is 13.9. The van der Waals surface area contributed by atoms with Crippen molar-refractivity contribution in [2.24, 2.45) is 0 Å². The summed E-state index contributed by atoms with van der Waals surface area (Å²) in [6.07, 6.45) is 0.617. The Morgan fingerprint density at radius 3 is 2.79 bits per heavy atom. The third-order valence-corrected chi connectivity index (χ3v) is 4.62. The van der Waals surface area contributed by atoms with E-state index in [0.29, 0.717) is 29.0 Å². The van der Waals surface area contributed by atoms with Gasteiger partial charge in [-0.25, -0.2) is 4.79 Å². The average molecular weight is 421 g/mol. The summed E-state index contributed by atoms with van der Waals surface area (Å²) in [6.45, 7) is 2.34. The minimum absolute atomic E-state index is 0.00501. The van der Waals surface area contributed by atoms with E-state index in [-0.39, 0.29) is 30.4 Å². The summed E-state index contributed by atoms with van der Waals surface area (Å²) >= 11 is 5.99. The highest BCUT2D eigenvalue weighted by Gasteiger charge is 2.27. The summed E-state index contributed by atoms with van der Waals surface area (Å²) in [5.74, 6) is -0.678. The number of methoxy groups -OCH3 is 1. The number of H-pyrrole nitrogens is 1. The van der Waals surface area contributed by atoms with Crippen LogP contribution in [0.3, 0.4) is 0 Å². The zero-order valence-corrected chi connectivity index (χ0v) is 16.8. The zero-order valence-electron chi connectivity index (χ0n) is 16.0. The first-order valence-corrected chi connectivity index (χ1v) is 9.37. The lowest BCUT2D eigenvalue weighted by Gasteiger charge is -2.23. The van der Waals surface area contributed by atoms with E-state index in [1.807, 2.05) is 6.92 Å². The molecule has 29 heavy (non-hydrogen) atoms. The van der Waals surface area contributed by atoms with Crippen LogP contribution in [0.2, 0.25) is 5.02 Å². The Morgan fingerprint density at radius 2 is 2.10 bits per heavy atom. The molecule has 0 aliphatic heterocycles. The van der Waals surface area contributed by atoms with E-state index in [1.165, 1.54) is 17.7 Å². The van der Waals surface area contributed by atoms with E-state index in [9.17, 15) is 14.4 Å². The highest BCUT2D eigenvalue weighted by molar-refractivity contribution is 6.31. The van der Waals surface area contributed by atoms with Gasteiger partial charge < -0.3 is 14.9 Å². The Hall–Kier alpha value is -3.04. The Kier molecular flexibility index (Phi) is 6.09. The molecule has 0 aliphatic rings. The minimum atomic E-state index is -0.761. The van der Waals surface area contributed by atoms with E-state index >= 15 is 0 Å². The number of benzene rings is 1. The van der Waals surface area contributed by atoms with Crippen LogP contribution in [0.25, 0.3) is 11.0 Å². The number of hydrogen-bond acceptors (Lipinski definition) is 6. The summed E-state index contributed by atoms with van der Waals surface area (Å²) in [7, 11) is 1.47. The molecule has 3 aromatic rings. The number of fused-ring (bicyclic) bond motifs is 1. The number of nitrogens with zero attached hydrogens (tertiary/aromatic N) is 2. The quantitative estimate of drug-likeness (QED) is 0.604. The van der Waals surface area contributed by atoms with Crippen LogP contribution in [-0.4, -0.2) is 35.7 Å². The van der Waals surface area contributed by atoms with Gasteiger partial charge in [0.15, 0.2) is 11.4 Å². The lowest BCUT2D eigenvalue weighted by molar-refractivity contribution is 0.0951. The number of anilines is 2. The molecule has 1 amide bonds. The van der Waals surface area contributed by atoms with E-state index in [1.54, 1.807) is 18.2 Å². The van der Waals surface area contributed by atoms with Crippen LogP contribution in [0, 0.1) is 0 Å². The molecule has 3 N–H and O–H groups in total. The Balaban J connectivity index is 2.12. The topological polar surface area (TPSA) is 124 Å². The molecule has 10 heteroatoms. The van der Waals surface area contributed by atoms with Crippen LogP contribution in [-0.2, 0) is 11.3 Å². The maximum atomic E-state index is 13.2. The molecule has 1 aromatic carbocycles. The van der Waals surface area contributed by atoms with E-state index in [0.717, 1.165) is 4.90 Å². The first-order valence-electron chi connectivity index (χ1n) is 8.99. The molecule has 154 valence electrons. The number of nitrogens with two attached hydrogens (primary N) is 1. The third-order valence-electron chi connectivity index (χ3n) is 4.38. The lowest BCUT2D eigenvalue weighted by atomic mass is 10.2. The fourth-order valence-corrected chi connectivity index (χ4v) is 3.21. The maximum absolute atomic E-state index is 13.2. The Labute approximate surface area is 170 Å². The van der Waals surface area contributed by atoms with Crippen molar-refractivity contribution < 1.29 is 13.9 Å². The second-order valence-corrected chi connectivity index (χ2v) is 6.82. The molecule has 0 aliphatic carbocycles. The van der Waals surface area contributed by atoms with Gasteiger partial charge in [-0.15, -0.1) is 0 Å². The van der Waals surface area contributed by atoms with Gasteiger partial charge in [-0.05, 0) is 30.7 Å². The number of ether oxygens (including phenoxy) is 1. The molecule has 9 nitrogen and oxygen atoms in total. The average Bonchev–Trinajstić information content (AvgIpc) is 3.10. The first kappa shape index (κ1) is 20.7. The van der Waals surface area contributed by atoms with Crippen LogP contribution in [0.5, 0.6) is 0 Å². The molecule has 0 saturated carbocycles. The molecular weight excluding hydrogens is 400 g/mol. The highest BCUT2D eigenvalue weighted by atomic mass is 35.5. The van der Waals surface area contributed by atoms with Gasteiger partial charge in [-0.1, -0.05) is 18.5 Å². The Bertz CT molecular complexity index is 1160. The van der Waals surface area contributed by atoms with Crippen molar-refractivity contribution >= 4 is 40.0 Å². The normalized spacial score (nSPS) is 11.1. The number of carbonyl (C=O) groups excluding carboxylic acids is 1. The van der Waals surface area contributed by atoms with Crippen molar-refractivity contribution in [2.45, 2.75) is 19.9 Å². The molecule has 0 fully saturated rings. The molecule has 2 heterocycles. The smallest absolute Gasteiger partial charge is 0.330 e. The number of amides is 1. The predicted octanol–water partition coefficient (Wildman–Crippen LogP) is 2.22. The number of nitrogens with one attached hydrogen (secondary N) is 1. The molecule has 3 rings (SSSR count). The van der Waals surface area contributed by atoms with Gasteiger partial charge in [0.1, 0.15) is 11.4 Å². The van der Waals surface area contributed by atoms with Crippen LogP contribution < -0.4 is 21.9 Å². The standard InChI is InChI=1S/C19H21ClN4O5/c1-3-6-24-16(21)15(17(25)22-19(24)27)23(7-8-28-2)18(26)14-10-11-9-12(20)4-5-13(11)29-14/h4-5,9-10H,3,6-8,21H2,1-2H3,(H,22,25,27). The van der Waals surface area contributed by atoms with Crippen LogP contribution >= 0.6 is 11.6 Å². The zero-order chi connectivity index (χ0) is 21.1. The molecular formula is C19H21ClN4O5. The number of aromatic nitrogens is 2. The van der Waals surface area contributed by atoms with Crippen LogP contribution in [0.15, 0.2) is 38.3 Å². The minimum Gasteiger partial charge on any atom is -0.451 e. The maximum Gasteiger partial charge on any atom is 0.330 e. The highest BCUT2D eigenvalue weighted by Crippen LogP contribution is 2.26. The summed E-state index contributed by atoms with van der Waals surface area (Å²) in [6, 6.07) is 6.50. The fourth-order valence-electron chi connectivity index (χ4n) is 3.03. The van der Waals surface area contributed by atoms with Crippen molar-refractivity contribution in [1.82, 2.24) is 9.55 Å². The summed E-state index contributed by atoms with van der Waals surface area (Å²) in [5.41, 5.74) is 5.07. The molecule has 0 spiro atoms. The third kappa shape index (κ3) is 4.06. The molecule has 0 atom stereocenters. The summed E-state index contributed by atoms with van der Waals surface area (Å²) in [5, 5.41) is 1.14. The summed E-state index contributed by atoms with van der Waals surface area (Å²) in [4.78, 5) is 41.2. The van der Waals surface area contributed by atoms with Gasteiger partial charge in [-0.3, -0.25) is 24.0 Å². The fraction of sp³-hybridized carbons (Fsp3) is 0.316. The second kappa shape index (κ2) is 8.54. The van der Waals surface area contributed by atoms with Crippen LogP contribution in [0.1, 0.15) is 23.9 Å². The van der Waals surface area contributed by atoms with Crippen LogP contribution in [0.4, 0.5) is 11.5 Å². The number of nitrogen functional groups attached to an aromatic ring is 1. The SMILES string of the molecule is CCCn1c(N)c(N(CCOC)C(=O)c2cc3cc(Cl)ccc3o2)c(=O)[nH]c1=O. The predicted molar refractivity (Wildman–Crippen MR) is 111 cm³/mol. The van der Waals surface area contributed by atoms with Crippen molar-refractivity contribution in [1.29, 1.82) is 0 Å². The monoisotopic (exact) mass is 420 g/mol.